The van der Waals surface area contributed by atoms with Gasteiger partial charge in [-0.1, -0.05) is 31.2 Å². The molecule has 4 aromatic carbocycles. The van der Waals surface area contributed by atoms with Crippen LogP contribution in [0, 0.1) is 7.14 Å². The van der Waals surface area contributed by atoms with Gasteiger partial charge >= 0.3 is 7.12 Å². The first-order valence-corrected chi connectivity index (χ1v) is 34.2. The smallest absolute Gasteiger partial charge is 0.505 e. The van der Waals surface area contributed by atoms with Crippen molar-refractivity contribution in [2.24, 2.45) is 0 Å². The maximum atomic E-state index is 8.65. The number of hydrogen-bond acceptors (Lipinski definition) is 22. The Balaban J connectivity index is 0.000000390. The number of methoxy groups -OCH3 is 8. The Hall–Kier alpha value is -4.54. The molecule has 7 aromatic rings. The number of rotatable bonds is 31. The van der Waals surface area contributed by atoms with Crippen LogP contribution in [0.3, 0.4) is 0 Å². The minimum atomic E-state index is -0.234. The molecule has 0 amide bonds. The van der Waals surface area contributed by atoms with Crippen molar-refractivity contribution in [2.75, 3.05) is 156 Å². The van der Waals surface area contributed by atoms with Gasteiger partial charge in [0.05, 0.1) is 71.2 Å². The summed E-state index contributed by atoms with van der Waals surface area (Å²) in [7, 11) is 13.0. The summed E-state index contributed by atoms with van der Waals surface area (Å²) in [5.41, 5.74) is 1.59. The van der Waals surface area contributed by atoms with Crippen LogP contribution in [0.25, 0.3) is 20.9 Å². The van der Waals surface area contributed by atoms with E-state index in [4.69, 9.17) is 86.2 Å². The van der Waals surface area contributed by atoms with E-state index in [9.17, 15) is 0 Å². The van der Waals surface area contributed by atoms with Crippen LogP contribution >= 0.6 is 79.2 Å². The van der Waals surface area contributed by atoms with E-state index < -0.39 is 0 Å². The third-order valence-electron chi connectivity index (χ3n) is 12.3. The molecular weight excluding hydrogens is 1470 g/mol. The Labute approximate surface area is 585 Å². The first kappa shape index (κ1) is 83.6. The van der Waals surface area contributed by atoms with E-state index in [-0.39, 0.29) is 36.4 Å². The van der Waals surface area contributed by atoms with Crippen LogP contribution in [0.1, 0.15) is 41.0 Å². The molecule has 0 aliphatic carbocycles. The fourth-order valence-corrected chi connectivity index (χ4v) is 10.3. The maximum absolute atomic E-state index is 8.65. The van der Waals surface area contributed by atoms with E-state index in [1.165, 1.54) is 24.3 Å². The molecule has 0 spiro atoms. The fraction of sp³-hybridized carbons (Fsp3) is 0.463. The normalized spacial score (nSPS) is 12.2. The van der Waals surface area contributed by atoms with E-state index in [0.29, 0.717) is 85.9 Å². The lowest BCUT2D eigenvalue weighted by Crippen LogP contribution is -2.41. The molecule has 0 bridgehead atoms. The molecule has 0 radical (unpaired) electrons. The average molecular weight is 1570 g/mol. The summed E-state index contributed by atoms with van der Waals surface area (Å²) in [4.78, 5) is 2.29. The van der Waals surface area contributed by atoms with Gasteiger partial charge in [0.2, 0.25) is 0 Å². The highest BCUT2D eigenvalue weighted by Crippen LogP contribution is 2.44. The van der Waals surface area contributed by atoms with Gasteiger partial charge in [-0.15, -0.1) is 22.7 Å². The summed E-state index contributed by atoms with van der Waals surface area (Å²) >= 11 is 9.50. The van der Waals surface area contributed by atoms with Crippen LogP contribution in [0.4, 0.5) is 0 Å². The number of aromatic hydroxyl groups is 2. The van der Waals surface area contributed by atoms with Gasteiger partial charge in [0.1, 0.15) is 85.6 Å². The third-order valence-corrected chi connectivity index (χ3v) is 16.7. The zero-order valence-electron chi connectivity index (χ0n) is 55.4. The van der Waals surface area contributed by atoms with E-state index in [2.05, 4.69) is 120 Å². The van der Waals surface area contributed by atoms with Gasteiger partial charge in [0.15, 0.2) is 0 Å². The summed E-state index contributed by atoms with van der Waals surface area (Å²) in [6.07, 6.45) is 1.12. The number of aliphatic hydroxyl groups excluding tert-OH is 1. The molecule has 19 nitrogen and oxygen atoms in total. The minimum Gasteiger partial charge on any atom is -0.508 e. The standard InChI is InChI=1S/C20H22O4S2.C12H16I2O4.C12H18O4.C10H15BO2S.C6H6O2.C4H10O.C3H8O2/c1-21-7-9-23-17-13-16(20-6-4-12-26-20)18(24-10-8-22-2)14-15(17)19-5-3-11-25-19;1-15-3-5-17-11-7-10(14)12(8-9(11)13)18-6-4-16-2;1-13-7-9-15-11-3-5-12(6-4-11)16-10-8-14-2;1-9(2)10(3,4)13-11(12-9)8-6-5-7-14-8;7-5-1-2-6(8)4-3-5;1-3-4-5-2;1-5-3-2-4/h3-6,11-14H,7-10H2,1-2H3;7-8H,3-6H2,1-2H3;3-6H,7-10H2,1-2H3;5-7H,1-4H3;1-4,7-8H;3-4H2,1-2H3;4H,2-3H2,1H3. The van der Waals surface area contributed by atoms with Crippen molar-refractivity contribution >= 4 is 91.1 Å². The molecule has 1 saturated heterocycles. The Bertz CT molecular complexity index is 2690. The average Bonchev–Trinajstić information content (AvgIpc) is 1.57. The fourth-order valence-electron chi connectivity index (χ4n) is 6.97. The van der Waals surface area contributed by atoms with Crippen molar-refractivity contribution in [1.29, 1.82) is 0 Å². The molecule has 0 unspecified atom stereocenters. The molecule has 3 N–H and O–H groups in total. The number of aliphatic hydroxyl groups is 1. The van der Waals surface area contributed by atoms with Gasteiger partial charge in [-0.25, -0.2) is 0 Å². The topological polar surface area (TPSA) is 208 Å². The molecule has 1 aliphatic heterocycles. The van der Waals surface area contributed by atoms with Crippen LogP contribution in [-0.2, 0) is 47.2 Å². The molecule has 0 atom stereocenters. The maximum Gasteiger partial charge on any atom is 0.505 e. The SMILES string of the molecule is CC1(C)OB(c2cccs2)OC1(C)C.CCCOC.COCCO.COCCOc1cc(-c2cccs2)c(OCCOC)cc1-c1cccs1.COCCOc1cc(I)c(OCCOC)cc1I.COCCOc1ccc(OCCOC)cc1.Oc1ccc(O)cc1. The minimum absolute atomic E-state index is 0.122. The Kier molecular flexibility index (Phi) is 46.2. The molecule has 512 valence electrons. The largest absolute Gasteiger partial charge is 0.508 e. The number of halogens is 2. The Morgan fingerprint density at radius 2 is 0.728 bits per heavy atom. The zero-order valence-corrected chi connectivity index (χ0v) is 62.1. The quantitative estimate of drug-likeness (QED) is 0.0160. The van der Waals surface area contributed by atoms with Gasteiger partial charge in [-0.3, -0.25) is 0 Å². The number of thiophene rings is 3. The van der Waals surface area contributed by atoms with Gasteiger partial charge in [-0.05, 0) is 180 Å². The van der Waals surface area contributed by atoms with Crippen LogP contribution in [-0.4, -0.2) is 190 Å². The predicted molar refractivity (Wildman–Crippen MR) is 387 cm³/mol. The zero-order chi connectivity index (χ0) is 67.8. The second-order valence-electron chi connectivity index (χ2n) is 19.9. The van der Waals surface area contributed by atoms with Gasteiger partial charge in [-0.2, -0.15) is 11.3 Å². The monoisotopic (exact) mass is 1560 g/mol. The van der Waals surface area contributed by atoms with E-state index >= 15 is 0 Å². The van der Waals surface area contributed by atoms with Crippen molar-refractivity contribution in [2.45, 2.75) is 52.2 Å². The van der Waals surface area contributed by atoms with Crippen molar-refractivity contribution in [3.05, 3.63) is 132 Å². The lowest BCUT2D eigenvalue weighted by atomic mass is 9.88. The summed E-state index contributed by atoms with van der Waals surface area (Å²) in [6.45, 7) is 18.5. The molecule has 8 rings (SSSR count). The lowest BCUT2D eigenvalue weighted by molar-refractivity contribution is 0.00578. The first-order chi connectivity index (χ1) is 44.4. The molecule has 1 aliphatic rings. The molecule has 4 heterocycles. The summed E-state index contributed by atoms with van der Waals surface area (Å²) < 4.78 is 88.2. The number of benzene rings is 4. The van der Waals surface area contributed by atoms with Gasteiger partial charge in [0, 0.05) is 89.1 Å². The van der Waals surface area contributed by atoms with E-state index in [1.807, 2.05) is 66.0 Å². The predicted octanol–water partition coefficient (Wildman–Crippen LogP) is 13.7. The summed E-state index contributed by atoms with van der Waals surface area (Å²) in [6, 6.07) is 33.6. The second kappa shape index (κ2) is 50.8. The number of phenolic OH excluding ortho intramolecular Hbond substituents is 2. The third kappa shape index (κ3) is 34.2. The van der Waals surface area contributed by atoms with Crippen molar-refractivity contribution in [1.82, 2.24) is 0 Å². The molecular formula is C67H95BI2O19S3. The Morgan fingerprint density at radius 3 is 1.00 bits per heavy atom. The molecule has 92 heavy (non-hydrogen) atoms. The van der Waals surface area contributed by atoms with Crippen molar-refractivity contribution in [3.8, 4) is 66.9 Å². The van der Waals surface area contributed by atoms with Crippen molar-refractivity contribution < 1.29 is 90.9 Å². The Morgan fingerprint density at radius 1 is 0.402 bits per heavy atom. The number of ether oxygens (including phenoxy) is 14. The summed E-state index contributed by atoms with van der Waals surface area (Å²) in [5.74, 6) is 5.36. The summed E-state index contributed by atoms with van der Waals surface area (Å²) in [5, 5.41) is 31.4. The second-order valence-corrected chi connectivity index (χ2v) is 25.1. The van der Waals surface area contributed by atoms with Crippen LogP contribution in [0.2, 0.25) is 0 Å². The lowest BCUT2D eigenvalue weighted by Gasteiger charge is -2.32. The molecule has 0 saturated carbocycles. The highest BCUT2D eigenvalue weighted by molar-refractivity contribution is 14.1. The van der Waals surface area contributed by atoms with Crippen LogP contribution < -0.4 is 33.2 Å². The van der Waals surface area contributed by atoms with Crippen LogP contribution in [0.5, 0.6) is 46.0 Å². The van der Waals surface area contributed by atoms with Crippen molar-refractivity contribution in [3.63, 3.8) is 0 Å². The highest BCUT2D eigenvalue weighted by Gasteiger charge is 2.52. The van der Waals surface area contributed by atoms with E-state index in [0.717, 1.165) is 80.3 Å². The van der Waals surface area contributed by atoms with E-state index in [1.54, 1.807) is 90.9 Å². The van der Waals surface area contributed by atoms with Crippen LogP contribution in [0.15, 0.2) is 125 Å². The number of phenols is 2. The first-order valence-electron chi connectivity index (χ1n) is 29.4. The number of hydrogen-bond donors (Lipinski definition) is 3. The van der Waals surface area contributed by atoms with Gasteiger partial charge in [0.25, 0.3) is 0 Å². The molecule has 1 fully saturated rings. The highest BCUT2D eigenvalue weighted by atomic mass is 127. The van der Waals surface area contributed by atoms with Gasteiger partial charge < -0.3 is 90.9 Å². The molecule has 25 heteroatoms. The molecule has 3 aromatic heterocycles.